The molecular formula is C18H17N3OS. The summed E-state index contributed by atoms with van der Waals surface area (Å²) in [5.74, 6) is 0.516. The van der Waals surface area contributed by atoms with Gasteiger partial charge in [-0.05, 0) is 49.6 Å². The number of hydrogen-bond donors (Lipinski definition) is 1. The summed E-state index contributed by atoms with van der Waals surface area (Å²) in [5, 5.41) is 7.39. The summed E-state index contributed by atoms with van der Waals surface area (Å²) >= 11 is 1.65. The summed E-state index contributed by atoms with van der Waals surface area (Å²) in [4.78, 5) is 13.6. The van der Waals surface area contributed by atoms with E-state index in [-0.39, 0.29) is 5.91 Å². The monoisotopic (exact) mass is 323 g/mol. The van der Waals surface area contributed by atoms with Gasteiger partial charge in [-0.2, -0.15) is 5.10 Å². The number of nitrogens with one attached hydrogen (secondary N) is 1. The first-order chi connectivity index (χ1) is 11.2. The maximum absolute atomic E-state index is 12.4. The Morgan fingerprint density at radius 2 is 1.78 bits per heavy atom. The van der Waals surface area contributed by atoms with Gasteiger partial charge in [-0.25, -0.2) is 4.68 Å². The van der Waals surface area contributed by atoms with E-state index in [2.05, 4.69) is 10.4 Å². The number of hydrogen-bond acceptors (Lipinski definition) is 3. The van der Waals surface area contributed by atoms with Gasteiger partial charge in [0.25, 0.3) is 5.91 Å². The number of anilines is 1. The Hall–Kier alpha value is -2.53. The van der Waals surface area contributed by atoms with Crippen LogP contribution in [0.5, 0.6) is 0 Å². The van der Waals surface area contributed by atoms with Gasteiger partial charge in [-0.1, -0.05) is 18.2 Å². The molecule has 4 nitrogen and oxygen atoms in total. The molecule has 1 N–H and O–H groups in total. The molecule has 0 bridgehead atoms. The molecule has 0 unspecified atom stereocenters. The van der Waals surface area contributed by atoms with Crippen LogP contribution in [0.25, 0.3) is 5.69 Å². The third-order valence-electron chi connectivity index (χ3n) is 3.43. The fraction of sp³-hybridized carbons (Fsp3) is 0.111. The van der Waals surface area contributed by atoms with E-state index < -0.39 is 0 Å². The molecule has 3 rings (SSSR count). The van der Waals surface area contributed by atoms with Crippen LogP contribution < -0.4 is 5.32 Å². The number of rotatable bonds is 4. The zero-order valence-electron chi connectivity index (χ0n) is 13.0. The number of aromatic nitrogens is 2. The van der Waals surface area contributed by atoms with Gasteiger partial charge in [0, 0.05) is 16.5 Å². The van der Waals surface area contributed by atoms with Crippen molar-refractivity contribution >= 4 is 23.5 Å². The van der Waals surface area contributed by atoms with Gasteiger partial charge in [0.2, 0.25) is 0 Å². The third-order valence-corrected chi connectivity index (χ3v) is 4.17. The van der Waals surface area contributed by atoms with Crippen molar-refractivity contribution in [3.8, 4) is 5.69 Å². The summed E-state index contributed by atoms with van der Waals surface area (Å²) in [7, 11) is 0. The Morgan fingerprint density at radius 3 is 2.43 bits per heavy atom. The van der Waals surface area contributed by atoms with E-state index in [0.29, 0.717) is 11.4 Å². The fourth-order valence-electron chi connectivity index (χ4n) is 2.29. The van der Waals surface area contributed by atoms with Gasteiger partial charge in [-0.15, -0.1) is 11.8 Å². The van der Waals surface area contributed by atoms with Gasteiger partial charge in [0.05, 0.1) is 11.4 Å². The van der Waals surface area contributed by atoms with Crippen LogP contribution in [0.4, 0.5) is 5.82 Å². The molecule has 0 aliphatic heterocycles. The van der Waals surface area contributed by atoms with Gasteiger partial charge in [0.1, 0.15) is 5.82 Å². The SMILES string of the molecule is CSc1ccc(C(=O)Nc2cc(C)nn2-c2ccccc2)cc1. The summed E-state index contributed by atoms with van der Waals surface area (Å²) in [6, 6.07) is 19.2. The number of carbonyl (C=O) groups excluding carboxylic acids is 1. The predicted octanol–water partition coefficient (Wildman–Crippen LogP) is 4.15. The molecule has 116 valence electrons. The molecule has 0 radical (unpaired) electrons. The summed E-state index contributed by atoms with van der Waals surface area (Å²) < 4.78 is 1.74. The van der Waals surface area contributed by atoms with Crippen LogP contribution in [0.3, 0.4) is 0 Å². The lowest BCUT2D eigenvalue weighted by molar-refractivity contribution is 0.102. The van der Waals surface area contributed by atoms with E-state index >= 15 is 0 Å². The van der Waals surface area contributed by atoms with Crippen LogP contribution in [0.2, 0.25) is 0 Å². The van der Waals surface area contributed by atoms with Crippen molar-refractivity contribution in [1.82, 2.24) is 9.78 Å². The van der Waals surface area contributed by atoms with Crippen LogP contribution in [0.1, 0.15) is 16.1 Å². The molecule has 1 amide bonds. The molecule has 0 fully saturated rings. The molecule has 1 aromatic heterocycles. The van der Waals surface area contributed by atoms with Gasteiger partial charge >= 0.3 is 0 Å². The molecule has 3 aromatic rings. The zero-order chi connectivity index (χ0) is 16.2. The standard InChI is InChI=1S/C18H17N3OS/c1-13-12-17(21(20-13)15-6-4-3-5-7-15)19-18(22)14-8-10-16(23-2)11-9-14/h3-12H,1-2H3,(H,19,22). The van der Waals surface area contributed by atoms with Crippen LogP contribution in [-0.2, 0) is 0 Å². The first kappa shape index (κ1) is 15.4. The number of para-hydroxylation sites is 1. The van der Waals surface area contributed by atoms with Crippen molar-refractivity contribution in [2.45, 2.75) is 11.8 Å². The molecule has 1 heterocycles. The molecule has 0 aliphatic carbocycles. The maximum Gasteiger partial charge on any atom is 0.256 e. The van der Waals surface area contributed by atoms with Crippen LogP contribution in [0, 0.1) is 6.92 Å². The zero-order valence-corrected chi connectivity index (χ0v) is 13.8. The number of benzene rings is 2. The quantitative estimate of drug-likeness (QED) is 0.734. The average molecular weight is 323 g/mol. The van der Waals surface area contributed by atoms with Crippen molar-refractivity contribution in [2.75, 3.05) is 11.6 Å². The first-order valence-electron chi connectivity index (χ1n) is 7.25. The number of carbonyl (C=O) groups is 1. The smallest absolute Gasteiger partial charge is 0.256 e. The number of thioether (sulfide) groups is 1. The van der Waals surface area contributed by atoms with E-state index in [9.17, 15) is 4.79 Å². The molecule has 5 heteroatoms. The predicted molar refractivity (Wildman–Crippen MR) is 94.5 cm³/mol. The molecule has 2 aromatic carbocycles. The van der Waals surface area contributed by atoms with Gasteiger partial charge in [0.15, 0.2) is 0 Å². The highest BCUT2D eigenvalue weighted by Gasteiger charge is 2.12. The number of aryl methyl sites for hydroxylation is 1. The molecule has 0 spiro atoms. The number of amides is 1. The number of nitrogens with zero attached hydrogens (tertiary/aromatic N) is 2. The molecule has 0 saturated carbocycles. The van der Waals surface area contributed by atoms with E-state index in [0.717, 1.165) is 16.3 Å². The van der Waals surface area contributed by atoms with Gasteiger partial charge < -0.3 is 5.32 Å². The van der Waals surface area contributed by atoms with E-state index in [1.165, 1.54) is 0 Å². The molecular weight excluding hydrogens is 306 g/mol. The Balaban J connectivity index is 1.86. The minimum atomic E-state index is -0.144. The minimum absolute atomic E-state index is 0.144. The molecule has 23 heavy (non-hydrogen) atoms. The lowest BCUT2D eigenvalue weighted by Crippen LogP contribution is -2.15. The van der Waals surface area contributed by atoms with Crippen molar-refractivity contribution in [3.05, 3.63) is 71.9 Å². The Kier molecular flexibility index (Phi) is 4.48. The van der Waals surface area contributed by atoms with Gasteiger partial charge in [-0.3, -0.25) is 4.79 Å². The highest BCUT2D eigenvalue weighted by Crippen LogP contribution is 2.19. The third kappa shape index (κ3) is 3.46. The molecule has 0 saturated heterocycles. The van der Waals surface area contributed by atoms with Crippen molar-refractivity contribution in [2.24, 2.45) is 0 Å². The second-order valence-electron chi connectivity index (χ2n) is 5.10. The minimum Gasteiger partial charge on any atom is -0.306 e. The summed E-state index contributed by atoms with van der Waals surface area (Å²) in [6.07, 6.45) is 2.01. The van der Waals surface area contributed by atoms with E-state index in [4.69, 9.17) is 0 Å². The molecule has 0 aliphatic rings. The lowest BCUT2D eigenvalue weighted by Gasteiger charge is -2.09. The second kappa shape index (κ2) is 6.71. The Labute approximate surface area is 139 Å². The molecule has 0 atom stereocenters. The maximum atomic E-state index is 12.4. The fourth-order valence-corrected chi connectivity index (χ4v) is 2.69. The average Bonchev–Trinajstić information content (AvgIpc) is 2.96. The normalized spacial score (nSPS) is 10.5. The van der Waals surface area contributed by atoms with Crippen molar-refractivity contribution < 1.29 is 4.79 Å². The van der Waals surface area contributed by atoms with E-state index in [1.807, 2.05) is 73.8 Å². The summed E-state index contributed by atoms with van der Waals surface area (Å²) in [6.45, 7) is 1.91. The lowest BCUT2D eigenvalue weighted by atomic mass is 10.2. The van der Waals surface area contributed by atoms with Crippen molar-refractivity contribution in [1.29, 1.82) is 0 Å². The van der Waals surface area contributed by atoms with Crippen molar-refractivity contribution in [3.63, 3.8) is 0 Å². The summed E-state index contributed by atoms with van der Waals surface area (Å²) in [5.41, 5.74) is 2.39. The Bertz CT molecular complexity index is 810. The second-order valence-corrected chi connectivity index (χ2v) is 5.98. The highest BCUT2D eigenvalue weighted by atomic mass is 32.2. The first-order valence-corrected chi connectivity index (χ1v) is 8.47. The van der Waals surface area contributed by atoms with E-state index in [1.54, 1.807) is 16.4 Å². The van der Waals surface area contributed by atoms with Crippen LogP contribution in [0.15, 0.2) is 65.6 Å². The highest BCUT2D eigenvalue weighted by molar-refractivity contribution is 7.98. The Morgan fingerprint density at radius 1 is 1.09 bits per heavy atom. The largest absolute Gasteiger partial charge is 0.306 e. The van der Waals surface area contributed by atoms with Crippen LogP contribution >= 0.6 is 11.8 Å². The van der Waals surface area contributed by atoms with Crippen LogP contribution in [-0.4, -0.2) is 21.9 Å². The topological polar surface area (TPSA) is 46.9 Å².